The molecule has 0 amide bonds. The molecule has 0 aromatic rings. The van der Waals surface area contributed by atoms with Gasteiger partial charge in [-0.2, -0.15) is 0 Å². The molecule has 1 atom stereocenters. The van der Waals surface area contributed by atoms with E-state index in [4.69, 9.17) is 26.6 Å². The Morgan fingerprint density at radius 1 is 0.600 bits per heavy atom. The summed E-state index contributed by atoms with van der Waals surface area (Å²) in [4.78, 5) is 0. The molecule has 1 unspecified atom stereocenters. The summed E-state index contributed by atoms with van der Waals surface area (Å²) in [5.74, 6) is 1.29. The normalized spacial score (nSPS) is 14.3. The molecular weight excluding hydrogens is 356 g/mol. The van der Waals surface area contributed by atoms with Gasteiger partial charge < -0.3 is 26.6 Å². The predicted molar refractivity (Wildman–Crippen MR) is 105 cm³/mol. The first-order valence-electron chi connectivity index (χ1n) is 9.21. The van der Waals surface area contributed by atoms with E-state index in [-0.39, 0.29) is 0 Å². The Hall–Kier alpha value is 0.194. The van der Waals surface area contributed by atoms with E-state index in [1.54, 1.807) is 42.7 Å². The van der Waals surface area contributed by atoms with E-state index in [2.05, 4.69) is 13.8 Å². The quantitative estimate of drug-likeness (QED) is 0.368. The second-order valence-electron chi connectivity index (χ2n) is 6.62. The van der Waals surface area contributed by atoms with E-state index < -0.39 is 17.6 Å². The summed E-state index contributed by atoms with van der Waals surface area (Å²) in [7, 11) is 4.98. The summed E-state index contributed by atoms with van der Waals surface area (Å²) in [6, 6.07) is 1.65. The summed E-state index contributed by atoms with van der Waals surface area (Å²) >= 11 is 0. The van der Waals surface area contributed by atoms with Crippen LogP contribution in [0.15, 0.2) is 0 Å². The molecule has 0 aliphatic carbocycles. The first-order chi connectivity index (χ1) is 11.9. The predicted octanol–water partition coefficient (Wildman–Crippen LogP) is 3.97. The summed E-state index contributed by atoms with van der Waals surface area (Å²) < 4.78 is 33.4. The Kier molecular flexibility index (Phi) is 13.5. The van der Waals surface area contributed by atoms with Crippen molar-refractivity contribution in [1.29, 1.82) is 0 Å². The average Bonchev–Trinajstić information content (AvgIpc) is 2.67. The van der Waals surface area contributed by atoms with Gasteiger partial charge in [0, 0.05) is 54.7 Å². The van der Waals surface area contributed by atoms with Crippen molar-refractivity contribution in [3.63, 3.8) is 0 Å². The Morgan fingerprint density at radius 3 is 1.24 bits per heavy atom. The van der Waals surface area contributed by atoms with Crippen LogP contribution < -0.4 is 0 Å². The maximum absolute atomic E-state index is 5.57. The smallest absolute Gasteiger partial charge is 0.377 e. The summed E-state index contributed by atoms with van der Waals surface area (Å²) in [6.45, 7) is 4.56. The van der Waals surface area contributed by atoms with Gasteiger partial charge in [-0.05, 0) is 24.7 Å². The highest BCUT2D eigenvalue weighted by Gasteiger charge is 2.40. The molecule has 0 spiro atoms. The zero-order chi connectivity index (χ0) is 19.3. The van der Waals surface area contributed by atoms with Crippen molar-refractivity contribution in [2.45, 2.75) is 58.0 Å². The molecule has 0 bridgehead atoms. The molecule has 0 N–H and O–H groups in total. The van der Waals surface area contributed by atoms with Crippen molar-refractivity contribution in [3.8, 4) is 0 Å². The second-order valence-corrected chi connectivity index (χ2v) is 12.8. The Balaban J connectivity index is 4.85. The highest BCUT2D eigenvalue weighted by atomic mass is 28.4. The molecule has 25 heavy (non-hydrogen) atoms. The minimum absolute atomic E-state index is 0.550. The van der Waals surface area contributed by atoms with Crippen molar-refractivity contribution in [2.24, 2.45) is 11.8 Å². The fraction of sp³-hybridized carbons (Fsp3) is 1.00. The maximum Gasteiger partial charge on any atom is 0.500 e. The highest BCUT2D eigenvalue weighted by Crippen LogP contribution is 2.30. The van der Waals surface area contributed by atoms with Crippen molar-refractivity contribution >= 4 is 17.6 Å². The third kappa shape index (κ3) is 8.61. The third-order valence-corrected chi connectivity index (χ3v) is 10.9. The molecule has 0 aliphatic heterocycles. The fourth-order valence-electron chi connectivity index (χ4n) is 3.03. The molecule has 0 radical (unpaired) electrons. The number of hydrogen-bond acceptors (Lipinski definition) is 6. The van der Waals surface area contributed by atoms with Gasteiger partial charge in [0.1, 0.15) is 0 Å². The van der Waals surface area contributed by atoms with Gasteiger partial charge in [-0.3, -0.25) is 0 Å². The standard InChI is InChI=1S/C17H40O6Si2/c1-9-16(2)10-11-17(12-14-24(18-3,19-4)20-5)13-15-25(21-6,22-7)23-8/h16-17H,9-15H2,1-8H3. The van der Waals surface area contributed by atoms with Crippen molar-refractivity contribution in [3.05, 3.63) is 0 Å². The van der Waals surface area contributed by atoms with Crippen LogP contribution in [0.25, 0.3) is 0 Å². The molecule has 0 fully saturated rings. The molecule has 0 saturated heterocycles. The van der Waals surface area contributed by atoms with Gasteiger partial charge in [-0.15, -0.1) is 0 Å². The molecular formula is C17H40O6Si2. The van der Waals surface area contributed by atoms with Gasteiger partial charge in [0.05, 0.1) is 0 Å². The highest BCUT2D eigenvalue weighted by molar-refractivity contribution is 6.61. The van der Waals surface area contributed by atoms with Crippen molar-refractivity contribution < 1.29 is 26.6 Å². The fourth-order valence-corrected chi connectivity index (χ4v) is 6.78. The van der Waals surface area contributed by atoms with Gasteiger partial charge in [0.2, 0.25) is 0 Å². The van der Waals surface area contributed by atoms with E-state index in [0.29, 0.717) is 5.92 Å². The molecule has 0 saturated carbocycles. The summed E-state index contributed by atoms with van der Waals surface area (Å²) in [5, 5.41) is 0. The summed E-state index contributed by atoms with van der Waals surface area (Å²) in [6.07, 6.45) is 5.65. The Morgan fingerprint density at radius 2 is 0.960 bits per heavy atom. The largest absolute Gasteiger partial charge is 0.500 e. The molecule has 6 nitrogen and oxygen atoms in total. The van der Waals surface area contributed by atoms with Crippen LogP contribution >= 0.6 is 0 Å². The summed E-state index contributed by atoms with van der Waals surface area (Å²) in [5.41, 5.74) is 0. The minimum atomic E-state index is -2.53. The lowest BCUT2D eigenvalue weighted by atomic mass is 9.92. The topological polar surface area (TPSA) is 55.4 Å². The molecule has 0 aromatic carbocycles. The molecule has 0 aromatic heterocycles. The van der Waals surface area contributed by atoms with E-state index in [1.165, 1.54) is 19.3 Å². The first kappa shape index (κ1) is 25.2. The molecule has 0 rings (SSSR count). The first-order valence-corrected chi connectivity index (χ1v) is 13.1. The van der Waals surface area contributed by atoms with Crippen LogP contribution in [0.5, 0.6) is 0 Å². The lowest BCUT2D eigenvalue weighted by Gasteiger charge is -2.29. The van der Waals surface area contributed by atoms with Crippen LogP contribution in [0.2, 0.25) is 12.1 Å². The molecule has 0 aliphatic rings. The van der Waals surface area contributed by atoms with Crippen LogP contribution in [0.4, 0.5) is 0 Å². The lowest BCUT2D eigenvalue weighted by molar-refractivity contribution is 0.117. The maximum atomic E-state index is 5.57. The van der Waals surface area contributed by atoms with Crippen LogP contribution in [0.1, 0.15) is 46.0 Å². The van der Waals surface area contributed by atoms with Gasteiger partial charge in [-0.25, -0.2) is 0 Å². The van der Waals surface area contributed by atoms with E-state index in [9.17, 15) is 0 Å². The van der Waals surface area contributed by atoms with Gasteiger partial charge in [0.25, 0.3) is 0 Å². The zero-order valence-corrected chi connectivity index (χ0v) is 19.6. The molecule has 8 heteroatoms. The zero-order valence-electron chi connectivity index (χ0n) is 17.6. The monoisotopic (exact) mass is 396 g/mol. The van der Waals surface area contributed by atoms with Gasteiger partial charge >= 0.3 is 17.6 Å². The second kappa shape index (κ2) is 13.4. The minimum Gasteiger partial charge on any atom is -0.377 e. The third-order valence-electron chi connectivity index (χ3n) is 5.35. The van der Waals surface area contributed by atoms with Crippen LogP contribution in [0, 0.1) is 11.8 Å². The van der Waals surface area contributed by atoms with Crippen LogP contribution in [0.3, 0.4) is 0 Å². The van der Waals surface area contributed by atoms with Gasteiger partial charge in [-0.1, -0.05) is 33.1 Å². The van der Waals surface area contributed by atoms with E-state index in [0.717, 1.165) is 30.8 Å². The van der Waals surface area contributed by atoms with Crippen molar-refractivity contribution in [2.75, 3.05) is 42.7 Å². The Labute approximate surface area is 157 Å². The number of rotatable bonds is 16. The Bertz CT molecular complexity index is 284. The number of hydrogen-bond donors (Lipinski definition) is 0. The van der Waals surface area contributed by atoms with Crippen LogP contribution in [-0.2, 0) is 26.6 Å². The SMILES string of the molecule is CCC(C)CCC(CC[Si](OC)(OC)OC)CC[Si](OC)(OC)OC. The van der Waals surface area contributed by atoms with E-state index >= 15 is 0 Å². The van der Waals surface area contributed by atoms with Crippen molar-refractivity contribution in [1.82, 2.24) is 0 Å². The van der Waals surface area contributed by atoms with E-state index in [1.807, 2.05) is 0 Å². The lowest BCUT2D eigenvalue weighted by Crippen LogP contribution is -2.44. The van der Waals surface area contributed by atoms with Crippen LogP contribution in [-0.4, -0.2) is 60.3 Å². The molecule has 152 valence electrons. The average molecular weight is 397 g/mol. The molecule has 0 heterocycles. The van der Waals surface area contributed by atoms with Gasteiger partial charge in [0.15, 0.2) is 0 Å².